The molecule has 1 fully saturated rings. The summed E-state index contributed by atoms with van der Waals surface area (Å²) in [5, 5.41) is 15.0. The smallest absolute Gasteiger partial charge is 0.407 e. The molecule has 3 N–H and O–H groups in total. The molecule has 0 atom stereocenters. The zero-order valence-corrected chi connectivity index (χ0v) is 20.8. The minimum atomic E-state index is -0.908. The number of nitrogens with zero attached hydrogens (tertiary/aromatic N) is 4. The summed E-state index contributed by atoms with van der Waals surface area (Å²) < 4.78 is 4.56. The van der Waals surface area contributed by atoms with Gasteiger partial charge in [0.1, 0.15) is 12.2 Å². The Morgan fingerprint density at radius 1 is 0.947 bits per heavy atom. The number of hydrogen-bond acceptors (Lipinski definition) is 8. The van der Waals surface area contributed by atoms with Gasteiger partial charge in [-0.1, -0.05) is 12.1 Å². The molecule has 1 aromatic carbocycles. The van der Waals surface area contributed by atoms with Crippen LogP contribution in [-0.2, 0) is 9.53 Å². The van der Waals surface area contributed by atoms with E-state index in [4.69, 9.17) is 5.11 Å². The molecule has 3 aromatic rings. The van der Waals surface area contributed by atoms with Crippen molar-refractivity contribution in [3.05, 3.63) is 60.0 Å². The highest BCUT2D eigenvalue weighted by Gasteiger charge is 2.20. The molecule has 0 unspecified atom stereocenters. The van der Waals surface area contributed by atoms with E-state index in [1.165, 1.54) is 18.2 Å². The fourth-order valence-corrected chi connectivity index (χ4v) is 4.12. The van der Waals surface area contributed by atoms with Gasteiger partial charge >= 0.3 is 12.1 Å². The van der Waals surface area contributed by atoms with Gasteiger partial charge in [0, 0.05) is 62.6 Å². The number of nitrogens with one attached hydrogen (secondary N) is 2. The molecule has 198 valence electrons. The maximum atomic E-state index is 12.6. The minimum Gasteiger partial charge on any atom is -0.468 e. The quantitative estimate of drug-likeness (QED) is 0.372. The van der Waals surface area contributed by atoms with Crippen molar-refractivity contribution in [3.63, 3.8) is 0 Å². The van der Waals surface area contributed by atoms with E-state index >= 15 is 0 Å². The summed E-state index contributed by atoms with van der Waals surface area (Å²) in [6.07, 6.45) is 2.21. The van der Waals surface area contributed by atoms with Gasteiger partial charge in [0.2, 0.25) is 0 Å². The van der Waals surface area contributed by atoms with E-state index in [2.05, 4.69) is 30.2 Å². The lowest BCUT2D eigenvalue weighted by molar-refractivity contribution is -0.139. The topological polar surface area (TPSA) is 154 Å². The van der Waals surface area contributed by atoms with Gasteiger partial charge in [0.15, 0.2) is 0 Å². The van der Waals surface area contributed by atoms with Gasteiger partial charge < -0.3 is 25.4 Å². The fraction of sp³-hybridized carbons (Fsp3) is 0.308. The van der Waals surface area contributed by atoms with Crippen LogP contribution in [0.15, 0.2) is 48.8 Å². The number of pyridine rings is 2. The number of rotatable bonds is 8. The van der Waals surface area contributed by atoms with Crippen molar-refractivity contribution in [1.29, 1.82) is 0 Å². The molecule has 1 aliphatic heterocycles. The van der Waals surface area contributed by atoms with Gasteiger partial charge in [-0.05, 0) is 29.8 Å². The number of aromatic nitrogens is 2. The van der Waals surface area contributed by atoms with E-state index in [1.54, 1.807) is 30.5 Å². The Morgan fingerprint density at radius 3 is 2.39 bits per heavy atom. The number of fused-ring (bicyclic) bond motifs is 1. The summed E-state index contributed by atoms with van der Waals surface area (Å²) in [4.78, 5) is 59.7. The summed E-state index contributed by atoms with van der Waals surface area (Å²) in [6, 6.07) is 10.5. The largest absolute Gasteiger partial charge is 0.468 e. The summed E-state index contributed by atoms with van der Waals surface area (Å²) in [5.74, 6) is -1.27. The van der Waals surface area contributed by atoms with E-state index in [0.29, 0.717) is 55.7 Å². The van der Waals surface area contributed by atoms with Crippen LogP contribution in [0.5, 0.6) is 0 Å². The Balaban J connectivity index is 1.38. The summed E-state index contributed by atoms with van der Waals surface area (Å²) in [5.41, 5.74) is 2.80. The van der Waals surface area contributed by atoms with Crippen molar-refractivity contribution in [1.82, 2.24) is 30.4 Å². The van der Waals surface area contributed by atoms with Crippen LogP contribution in [0.25, 0.3) is 22.0 Å². The van der Waals surface area contributed by atoms with E-state index in [1.807, 2.05) is 12.1 Å². The third kappa shape index (κ3) is 6.40. The molecule has 0 aliphatic carbocycles. The van der Waals surface area contributed by atoms with Crippen molar-refractivity contribution in [2.24, 2.45) is 0 Å². The average molecular weight is 521 g/mol. The molecule has 3 heterocycles. The molecule has 0 saturated carbocycles. The Morgan fingerprint density at radius 2 is 1.71 bits per heavy atom. The van der Waals surface area contributed by atoms with Gasteiger partial charge in [-0.3, -0.25) is 29.3 Å². The third-order valence-corrected chi connectivity index (χ3v) is 6.29. The predicted octanol–water partition coefficient (Wildman–Crippen LogP) is 1.23. The fourth-order valence-electron chi connectivity index (χ4n) is 4.12. The first-order chi connectivity index (χ1) is 18.4. The van der Waals surface area contributed by atoms with E-state index < -0.39 is 18.0 Å². The highest BCUT2D eigenvalue weighted by atomic mass is 16.5. The van der Waals surface area contributed by atoms with Crippen LogP contribution in [-0.4, -0.2) is 102 Å². The number of carboxylic acid groups (broad SMARTS) is 1. The normalized spacial score (nSPS) is 13.7. The second-order valence-corrected chi connectivity index (χ2v) is 8.65. The Kier molecular flexibility index (Phi) is 8.44. The Bertz CT molecular complexity index is 1340. The number of hydrogen-bond donors (Lipinski definition) is 3. The maximum Gasteiger partial charge on any atom is 0.407 e. The van der Waals surface area contributed by atoms with Crippen molar-refractivity contribution < 1.29 is 29.0 Å². The molecule has 12 heteroatoms. The molecular formula is C26H28N6O6. The zero-order chi connectivity index (χ0) is 27.1. The summed E-state index contributed by atoms with van der Waals surface area (Å²) >= 11 is 0. The molecule has 12 nitrogen and oxygen atoms in total. The number of carbonyl (C=O) groups excluding carboxylic acids is 3. The molecular weight excluding hydrogens is 492 g/mol. The van der Waals surface area contributed by atoms with Gasteiger partial charge in [-0.15, -0.1) is 0 Å². The van der Waals surface area contributed by atoms with Crippen molar-refractivity contribution in [2.45, 2.75) is 0 Å². The van der Waals surface area contributed by atoms with Crippen LogP contribution in [0.2, 0.25) is 0 Å². The van der Waals surface area contributed by atoms with Crippen LogP contribution >= 0.6 is 0 Å². The SMILES string of the molecule is COC(=O)CNC(=O)c1ccnc2ccc(-c3ccc(C(=O)NCCN4CCN(C(=O)O)CC4)nc3)cc12. The van der Waals surface area contributed by atoms with Gasteiger partial charge in [-0.25, -0.2) is 4.79 Å². The number of benzene rings is 1. The number of piperazine rings is 1. The van der Waals surface area contributed by atoms with Crippen LogP contribution in [0.1, 0.15) is 20.8 Å². The molecule has 4 rings (SSSR count). The van der Waals surface area contributed by atoms with E-state index in [9.17, 15) is 19.2 Å². The lowest BCUT2D eigenvalue weighted by Crippen LogP contribution is -2.49. The average Bonchev–Trinajstić information content (AvgIpc) is 2.95. The second-order valence-electron chi connectivity index (χ2n) is 8.65. The molecule has 0 radical (unpaired) electrons. The monoisotopic (exact) mass is 520 g/mol. The van der Waals surface area contributed by atoms with Gasteiger partial charge in [-0.2, -0.15) is 0 Å². The number of ether oxygens (including phenoxy) is 1. The number of amides is 3. The minimum absolute atomic E-state index is 0.242. The van der Waals surface area contributed by atoms with Crippen LogP contribution in [0.4, 0.5) is 4.79 Å². The van der Waals surface area contributed by atoms with Crippen LogP contribution in [0, 0.1) is 0 Å². The lowest BCUT2D eigenvalue weighted by Gasteiger charge is -2.32. The third-order valence-electron chi connectivity index (χ3n) is 6.29. The van der Waals surface area contributed by atoms with E-state index in [-0.39, 0.29) is 18.1 Å². The second kappa shape index (κ2) is 12.1. The first-order valence-corrected chi connectivity index (χ1v) is 12.0. The van der Waals surface area contributed by atoms with Crippen molar-refractivity contribution >= 4 is 34.8 Å². The van der Waals surface area contributed by atoms with Crippen molar-refractivity contribution in [2.75, 3.05) is 52.9 Å². The molecule has 3 amide bonds. The number of methoxy groups -OCH3 is 1. The lowest BCUT2D eigenvalue weighted by atomic mass is 10.0. The zero-order valence-electron chi connectivity index (χ0n) is 20.8. The van der Waals surface area contributed by atoms with E-state index in [0.717, 1.165) is 11.1 Å². The highest BCUT2D eigenvalue weighted by Crippen LogP contribution is 2.25. The van der Waals surface area contributed by atoms with Gasteiger partial charge in [0.25, 0.3) is 11.8 Å². The van der Waals surface area contributed by atoms with Crippen LogP contribution in [0.3, 0.4) is 0 Å². The maximum absolute atomic E-state index is 12.6. The number of carbonyl (C=O) groups is 4. The highest BCUT2D eigenvalue weighted by molar-refractivity contribution is 6.07. The van der Waals surface area contributed by atoms with Crippen molar-refractivity contribution in [3.8, 4) is 11.1 Å². The Labute approximate surface area is 218 Å². The summed E-state index contributed by atoms with van der Waals surface area (Å²) in [6.45, 7) is 2.98. The Hall–Kier alpha value is -4.58. The summed E-state index contributed by atoms with van der Waals surface area (Å²) in [7, 11) is 1.25. The van der Waals surface area contributed by atoms with Gasteiger partial charge in [0.05, 0.1) is 18.2 Å². The molecule has 1 aliphatic rings. The van der Waals surface area contributed by atoms with Crippen LogP contribution < -0.4 is 10.6 Å². The molecule has 38 heavy (non-hydrogen) atoms. The first kappa shape index (κ1) is 26.5. The molecule has 0 bridgehead atoms. The molecule has 0 spiro atoms. The first-order valence-electron chi connectivity index (χ1n) is 12.0. The molecule has 2 aromatic heterocycles. The predicted molar refractivity (Wildman–Crippen MR) is 138 cm³/mol. The standard InChI is InChI=1S/C26H28N6O6/c1-38-23(33)16-30-24(34)19-6-7-27-21-4-2-17(14-20(19)21)18-3-5-22(29-15-18)25(35)28-8-9-31-10-12-32(13-11-31)26(36)37/h2-7,14-15H,8-13,16H2,1H3,(H,28,35)(H,30,34)(H,36,37). The molecule has 1 saturated heterocycles. The number of esters is 1.